The molecule has 2 aliphatic rings. The molecule has 2 fully saturated rings. The molecule has 2 saturated heterocycles. The highest BCUT2D eigenvalue weighted by Gasteiger charge is 2.37. The molecule has 1 amide bonds. The van der Waals surface area contributed by atoms with Crippen molar-refractivity contribution in [3.05, 3.63) is 29.8 Å². The number of ether oxygens (including phenoxy) is 2. The zero-order valence-corrected chi connectivity index (χ0v) is 13.3. The number of amides is 1. The van der Waals surface area contributed by atoms with E-state index < -0.39 is 0 Å². The number of morpholine rings is 1. The number of rotatable bonds is 3. The number of para-hydroxylation sites is 1. The van der Waals surface area contributed by atoms with Gasteiger partial charge < -0.3 is 14.4 Å². The van der Waals surface area contributed by atoms with Crippen LogP contribution in [0.5, 0.6) is 5.75 Å². The number of carbonyl (C=O) groups is 1. The molecule has 6 nitrogen and oxygen atoms in total. The van der Waals surface area contributed by atoms with Crippen LogP contribution in [0.3, 0.4) is 0 Å². The average molecular weight is 315 g/mol. The molecule has 0 spiro atoms. The molecule has 1 aromatic rings. The van der Waals surface area contributed by atoms with Gasteiger partial charge >= 0.3 is 0 Å². The number of benzene rings is 1. The number of likely N-dealkylation sites (N-methyl/N-ethyl adjacent to an activating group) is 1. The van der Waals surface area contributed by atoms with E-state index in [-0.39, 0.29) is 24.7 Å². The van der Waals surface area contributed by atoms with Gasteiger partial charge in [0.2, 0.25) is 0 Å². The fraction of sp³-hybridized carbons (Fsp3) is 0.529. The summed E-state index contributed by atoms with van der Waals surface area (Å²) in [4.78, 5) is 17.0. The first-order chi connectivity index (χ1) is 11.2. The van der Waals surface area contributed by atoms with Crippen LogP contribution in [-0.2, 0) is 4.74 Å². The van der Waals surface area contributed by atoms with Crippen molar-refractivity contribution in [2.75, 3.05) is 39.9 Å². The second kappa shape index (κ2) is 6.99. The van der Waals surface area contributed by atoms with Crippen molar-refractivity contribution < 1.29 is 14.3 Å². The van der Waals surface area contributed by atoms with Gasteiger partial charge in [-0.25, -0.2) is 0 Å². The number of carbonyl (C=O) groups excluding carboxylic acids is 1. The number of hydrogen-bond acceptors (Lipinski definition) is 5. The summed E-state index contributed by atoms with van der Waals surface area (Å²) >= 11 is 0. The Morgan fingerprint density at radius 2 is 2.26 bits per heavy atom. The molecule has 23 heavy (non-hydrogen) atoms. The number of nitriles is 1. The Morgan fingerprint density at radius 1 is 1.43 bits per heavy atom. The third-order valence-electron chi connectivity index (χ3n) is 4.56. The number of fused-ring (bicyclic) bond motifs is 1. The molecule has 2 aliphatic heterocycles. The van der Waals surface area contributed by atoms with Crippen molar-refractivity contribution in [3.8, 4) is 11.8 Å². The van der Waals surface area contributed by atoms with E-state index >= 15 is 0 Å². The lowest BCUT2D eigenvalue weighted by Crippen LogP contribution is -2.59. The molecule has 1 aromatic carbocycles. The highest BCUT2D eigenvalue weighted by atomic mass is 16.5. The maximum atomic E-state index is 12.9. The van der Waals surface area contributed by atoms with Crippen molar-refractivity contribution >= 4 is 5.91 Å². The first-order valence-corrected chi connectivity index (χ1v) is 7.90. The zero-order valence-electron chi connectivity index (χ0n) is 13.3. The van der Waals surface area contributed by atoms with Gasteiger partial charge in [-0.1, -0.05) is 12.1 Å². The minimum atomic E-state index is -0.0639. The Balaban J connectivity index is 1.75. The number of nitrogens with zero attached hydrogens (tertiary/aromatic N) is 3. The van der Waals surface area contributed by atoms with Gasteiger partial charge in [-0.3, -0.25) is 9.69 Å². The van der Waals surface area contributed by atoms with Crippen LogP contribution in [0.2, 0.25) is 0 Å². The quantitative estimate of drug-likeness (QED) is 0.837. The third-order valence-corrected chi connectivity index (χ3v) is 4.56. The van der Waals surface area contributed by atoms with Gasteiger partial charge in [0.25, 0.3) is 5.91 Å². The molecule has 0 bridgehead atoms. The van der Waals surface area contributed by atoms with E-state index in [2.05, 4.69) is 11.9 Å². The van der Waals surface area contributed by atoms with Gasteiger partial charge in [0.05, 0.1) is 24.3 Å². The average Bonchev–Trinajstić information content (AvgIpc) is 2.60. The predicted molar refractivity (Wildman–Crippen MR) is 84.2 cm³/mol. The molecule has 3 rings (SSSR count). The minimum Gasteiger partial charge on any atom is -0.478 e. The second-order valence-corrected chi connectivity index (χ2v) is 5.94. The van der Waals surface area contributed by atoms with Gasteiger partial charge in [0, 0.05) is 19.6 Å². The van der Waals surface area contributed by atoms with E-state index in [0.717, 1.165) is 19.6 Å². The van der Waals surface area contributed by atoms with E-state index in [4.69, 9.17) is 14.7 Å². The second-order valence-electron chi connectivity index (χ2n) is 5.94. The van der Waals surface area contributed by atoms with E-state index in [1.54, 1.807) is 18.2 Å². The Hall–Kier alpha value is -2.10. The Labute approximate surface area is 136 Å². The molecule has 2 atom stereocenters. The smallest absolute Gasteiger partial charge is 0.257 e. The van der Waals surface area contributed by atoms with Crippen LogP contribution >= 0.6 is 0 Å². The Bertz CT molecular complexity index is 613. The van der Waals surface area contributed by atoms with Crippen LogP contribution in [0.25, 0.3) is 0 Å². The summed E-state index contributed by atoms with van der Waals surface area (Å²) in [5.41, 5.74) is 0.514. The fourth-order valence-corrected chi connectivity index (χ4v) is 3.28. The van der Waals surface area contributed by atoms with Crippen LogP contribution in [0.1, 0.15) is 16.8 Å². The normalized spacial score (nSPS) is 24.6. The summed E-state index contributed by atoms with van der Waals surface area (Å²) in [6.45, 7) is 2.93. The first-order valence-electron chi connectivity index (χ1n) is 7.90. The summed E-state index contributed by atoms with van der Waals surface area (Å²) in [5.74, 6) is 0.422. The van der Waals surface area contributed by atoms with Gasteiger partial charge in [0.1, 0.15) is 11.8 Å². The molecule has 0 saturated carbocycles. The molecular weight excluding hydrogens is 294 g/mol. The van der Waals surface area contributed by atoms with E-state index in [1.165, 1.54) is 0 Å². The highest BCUT2D eigenvalue weighted by Crippen LogP contribution is 2.25. The zero-order chi connectivity index (χ0) is 16.2. The molecule has 2 heterocycles. The van der Waals surface area contributed by atoms with Crippen molar-refractivity contribution in [2.45, 2.75) is 18.6 Å². The van der Waals surface area contributed by atoms with Crippen LogP contribution in [-0.4, -0.2) is 67.7 Å². The van der Waals surface area contributed by atoms with E-state index in [0.29, 0.717) is 24.4 Å². The number of hydrogen-bond donors (Lipinski definition) is 0. The number of likely N-dealkylation sites (tertiary alicyclic amines) is 1. The van der Waals surface area contributed by atoms with Crippen LogP contribution < -0.4 is 4.74 Å². The molecule has 6 heteroatoms. The Morgan fingerprint density at radius 3 is 3.09 bits per heavy atom. The summed E-state index contributed by atoms with van der Waals surface area (Å²) < 4.78 is 11.2. The summed E-state index contributed by atoms with van der Waals surface area (Å²) in [5, 5.41) is 8.67. The van der Waals surface area contributed by atoms with Gasteiger partial charge in [-0.2, -0.15) is 5.26 Å². The summed E-state index contributed by atoms with van der Waals surface area (Å²) in [6, 6.07) is 9.28. The van der Waals surface area contributed by atoms with Crippen molar-refractivity contribution in [3.63, 3.8) is 0 Å². The van der Waals surface area contributed by atoms with Crippen LogP contribution in [0, 0.1) is 11.3 Å². The molecule has 0 aromatic heterocycles. The standard InChI is InChI=1S/C17H21N3O3/c1-19-9-11-23-16-6-8-20(12-14(16)19)17(21)13-4-2-3-5-15(13)22-10-7-18/h2-5,14,16H,6,8-12H2,1H3. The third kappa shape index (κ3) is 3.31. The largest absolute Gasteiger partial charge is 0.478 e. The molecule has 0 N–H and O–H groups in total. The van der Waals surface area contributed by atoms with E-state index in [9.17, 15) is 4.79 Å². The van der Waals surface area contributed by atoms with Crippen molar-refractivity contribution in [1.29, 1.82) is 5.26 Å². The monoisotopic (exact) mass is 315 g/mol. The maximum Gasteiger partial charge on any atom is 0.257 e. The lowest BCUT2D eigenvalue weighted by Gasteiger charge is -2.45. The maximum absolute atomic E-state index is 12.9. The van der Waals surface area contributed by atoms with Gasteiger partial charge in [-0.15, -0.1) is 0 Å². The highest BCUT2D eigenvalue weighted by molar-refractivity contribution is 5.97. The molecule has 0 radical (unpaired) electrons. The van der Waals surface area contributed by atoms with Crippen LogP contribution in [0.4, 0.5) is 0 Å². The molecule has 0 aliphatic carbocycles. The molecule has 2 unspecified atom stereocenters. The lowest BCUT2D eigenvalue weighted by atomic mass is 9.98. The number of piperidine rings is 1. The summed E-state index contributed by atoms with van der Waals surface area (Å²) in [7, 11) is 2.08. The molecular formula is C17H21N3O3. The predicted octanol–water partition coefficient (Wildman–Crippen LogP) is 1.13. The summed E-state index contributed by atoms with van der Waals surface area (Å²) in [6.07, 6.45) is 1.06. The lowest BCUT2D eigenvalue weighted by molar-refractivity contribution is -0.0893. The van der Waals surface area contributed by atoms with Gasteiger partial charge in [0.15, 0.2) is 6.61 Å². The molecule has 122 valence electrons. The van der Waals surface area contributed by atoms with E-state index in [1.807, 2.05) is 17.0 Å². The van der Waals surface area contributed by atoms with Crippen LogP contribution in [0.15, 0.2) is 24.3 Å². The SMILES string of the molecule is CN1CCOC2CCN(C(=O)c3ccccc3OCC#N)CC21. The fourth-order valence-electron chi connectivity index (χ4n) is 3.28. The van der Waals surface area contributed by atoms with Crippen molar-refractivity contribution in [2.24, 2.45) is 0 Å². The van der Waals surface area contributed by atoms with Gasteiger partial charge in [-0.05, 0) is 25.6 Å². The minimum absolute atomic E-state index is 0.0454. The Kier molecular flexibility index (Phi) is 4.79. The topological polar surface area (TPSA) is 65.8 Å². The first kappa shape index (κ1) is 15.8. The van der Waals surface area contributed by atoms with Crippen molar-refractivity contribution in [1.82, 2.24) is 9.80 Å².